The van der Waals surface area contributed by atoms with Crippen LogP contribution < -0.4 is 5.73 Å². The van der Waals surface area contributed by atoms with Gasteiger partial charge < -0.3 is 5.73 Å². The molecule has 2 N–H and O–H groups in total. The van der Waals surface area contributed by atoms with E-state index < -0.39 is 0 Å². The molecule has 1 atom stereocenters. The normalized spacial score (nSPS) is 12.7. The third kappa shape index (κ3) is 2.92. The largest absolute Gasteiger partial charge is 0.324 e. The average Bonchev–Trinajstić information content (AvgIpc) is 2.75. The highest BCUT2D eigenvalue weighted by atomic mass is 35.5. The van der Waals surface area contributed by atoms with Crippen LogP contribution in [0.25, 0.3) is 0 Å². The van der Waals surface area contributed by atoms with Gasteiger partial charge in [0.05, 0.1) is 0 Å². The van der Waals surface area contributed by atoms with Gasteiger partial charge in [0, 0.05) is 30.0 Å². The van der Waals surface area contributed by atoms with Gasteiger partial charge in [-0.2, -0.15) is 5.10 Å². The summed E-state index contributed by atoms with van der Waals surface area (Å²) in [7, 11) is 1.95. The second-order valence-corrected chi connectivity index (χ2v) is 5.01. The van der Waals surface area contributed by atoms with Crippen LogP contribution in [0.4, 0.5) is 0 Å². The number of rotatable bonds is 4. The molecule has 0 aliphatic carbocycles. The first-order chi connectivity index (χ1) is 8.58. The highest BCUT2D eigenvalue weighted by Gasteiger charge is 2.09. The van der Waals surface area contributed by atoms with E-state index in [1.807, 2.05) is 43.0 Å². The minimum Gasteiger partial charge on any atom is -0.324 e. The van der Waals surface area contributed by atoms with Crippen molar-refractivity contribution in [2.75, 3.05) is 0 Å². The van der Waals surface area contributed by atoms with Crippen molar-refractivity contribution in [1.29, 1.82) is 0 Å². The van der Waals surface area contributed by atoms with E-state index >= 15 is 0 Å². The molecule has 0 saturated carbocycles. The molecule has 2 aromatic rings. The number of aromatic nitrogens is 2. The van der Waals surface area contributed by atoms with Crippen LogP contribution in [0.3, 0.4) is 0 Å². The standard InChI is InChI=1S/C14H18ClN3/c1-10-3-4-11(9-13(10)15)14(16)6-5-12-7-8-17-18(12)2/h3-4,7-9,14H,5-6,16H2,1-2H3. The smallest absolute Gasteiger partial charge is 0.0492 e. The van der Waals surface area contributed by atoms with Crippen molar-refractivity contribution < 1.29 is 0 Å². The lowest BCUT2D eigenvalue weighted by atomic mass is 10.0. The zero-order chi connectivity index (χ0) is 13.1. The van der Waals surface area contributed by atoms with E-state index in [4.69, 9.17) is 17.3 Å². The van der Waals surface area contributed by atoms with Gasteiger partial charge in [0.25, 0.3) is 0 Å². The van der Waals surface area contributed by atoms with Crippen molar-refractivity contribution in [3.05, 3.63) is 52.3 Å². The number of aryl methyl sites for hydroxylation is 3. The van der Waals surface area contributed by atoms with E-state index in [-0.39, 0.29) is 6.04 Å². The number of halogens is 1. The Kier molecular flexibility index (Phi) is 4.04. The number of hydrogen-bond acceptors (Lipinski definition) is 2. The minimum atomic E-state index is 0.0120. The Hall–Kier alpha value is -1.32. The molecule has 0 saturated heterocycles. The fourth-order valence-electron chi connectivity index (χ4n) is 1.96. The van der Waals surface area contributed by atoms with E-state index in [9.17, 15) is 0 Å². The lowest BCUT2D eigenvalue weighted by molar-refractivity contribution is 0.614. The molecular weight excluding hydrogens is 246 g/mol. The molecule has 2 rings (SSSR count). The molecule has 3 nitrogen and oxygen atoms in total. The molecule has 1 aromatic carbocycles. The maximum Gasteiger partial charge on any atom is 0.0492 e. The van der Waals surface area contributed by atoms with E-state index in [0.29, 0.717) is 0 Å². The quantitative estimate of drug-likeness (QED) is 0.922. The van der Waals surface area contributed by atoms with Crippen LogP contribution in [0.5, 0.6) is 0 Å². The van der Waals surface area contributed by atoms with Gasteiger partial charge >= 0.3 is 0 Å². The Balaban J connectivity index is 2.01. The second kappa shape index (κ2) is 5.55. The summed E-state index contributed by atoms with van der Waals surface area (Å²) in [5.41, 5.74) is 9.56. The summed E-state index contributed by atoms with van der Waals surface area (Å²) >= 11 is 6.11. The molecule has 0 aliphatic heterocycles. The van der Waals surface area contributed by atoms with Crippen molar-refractivity contribution in [2.24, 2.45) is 12.8 Å². The lowest BCUT2D eigenvalue weighted by Crippen LogP contribution is -2.12. The van der Waals surface area contributed by atoms with E-state index in [0.717, 1.165) is 29.0 Å². The molecule has 0 fully saturated rings. The molecular formula is C14H18ClN3. The molecule has 0 aliphatic rings. The molecule has 96 valence electrons. The molecule has 1 unspecified atom stereocenters. The summed E-state index contributed by atoms with van der Waals surface area (Å²) in [6, 6.07) is 8.06. The predicted molar refractivity (Wildman–Crippen MR) is 74.6 cm³/mol. The number of benzene rings is 1. The van der Waals surface area contributed by atoms with Crippen molar-refractivity contribution in [1.82, 2.24) is 9.78 Å². The van der Waals surface area contributed by atoms with Gasteiger partial charge in [-0.15, -0.1) is 0 Å². The highest BCUT2D eigenvalue weighted by molar-refractivity contribution is 6.31. The van der Waals surface area contributed by atoms with Gasteiger partial charge in [0.2, 0.25) is 0 Å². The SMILES string of the molecule is Cc1ccc(C(N)CCc2ccnn2C)cc1Cl. The molecule has 1 aromatic heterocycles. The summed E-state index contributed by atoms with van der Waals surface area (Å²) in [6.07, 6.45) is 3.62. The van der Waals surface area contributed by atoms with Crippen LogP contribution in [0.2, 0.25) is 5.02 Å². The fraction of sp³-hybridized carbons (Fsp3) is 0.357. The van der Waals surface area contributed by atoms with E-state index in [1.165, 1.54) is 5.69 Å². The van der Waals surface area contributed by atoms with Crippen molar-refractivity contribution >= 4 is 11.6 Å². The topological polar surface area (TPSA) is 43.8 Å². The van der Waals surface area contributed by atoms with Crippen molar-refractivity contribution in [3.8, 4) is 0 Å². The molecule has 1 heterocycles. The van der Waals surface area contributed by atoms with Crippen LogP contribution in [0.15, 0.2) is 30.5 Å². The van der Waals surface area contributed by atoms with Crippen molar-refractivity contribution in [3.63, 3.8) is 0 Å². The fourth-order valence-corrected chi connectivity index (χ4v) is 2.15. The van der Waals surface area contributed by atoms with Gasteiger partial charge in [-0.3, -0.25) is 4.68 Å². The summed E-state index contributed by atoms with van der Waals surface area (Å²) in [5.74, 6) is 0. The first-order valence-electron chi connectivity index (χ1n) is 6.06. The molecule has 18 heavy (non-hydrogen) atoms. The van der Waals surface area contributed by atoms with Crippen LogP contribution in [0.1, 0.15) is 29.3 Å². The molecule has 0 amide bonds. The van der Waals surface area contributed by atoms with Crippen LogP contribution >= 0.6 is 11.6 Å². The third-order valence-electron chi connectivity index (χ3n) is 3.26. The van der Waals surface area contributed by atoms with Gasteiger partial charge in [-0.1, -0.05) is 23.7 Å². The van der Waals surface area contributed by atoms with Crippen LogP contribution in [0, 0.1) is 6.92 Å². The van der Waals surface area contributed by atoms with E-state index in [2.05, 4.69) is 11.2 Å². The summed E-state index contributed by atoms with van der Waals surface area (Å²) in [4.78, 5) is 0. The Bertz CT molecular complexity index is 534. The van der Waals surface area contributed by atoms with Gasteiger partial charge in [0.1, 0.15) is 0 Å². The van der Waals surface area contributed by atoms with E-state index in [1.54, 1.807) is 0 Å². The van der Waals surface area contributed by atoms with Crippen LogP contribution in [-0.2, 0) is 13.5 Å². The summed E-state index contributed by atoms with van der Waals surface area (Å²) < 4.78 is 1.88. The maximum atomic E-state index is 6.19. The highest BCUT2D eigenvalue weighted by Crippen LogP contribution is 2.22. The van der Waals surface area contributed by atoms with Crippen LogP contribution in [-0.4, -0.2) is 9.78 Å². The first kappa shape index (κ1) is 13.1. The van der Waals surface area contributed by atoms with Crippen molar-refractivity contribution in [2.45, 2.75) is 25.8 Å². The summed E-state index contributed by atoms with van der Waals surface area (Å²) in [5, 5.41) is 4.93. The number of hydrogen-bond donors (Lipinski definition) is 1. The number of nitrogens with two attached hydrogens (primary N) is 1. The molecule has 0 radical (unpaired) electrons. The average molecular weight is 264 g/mol. The molecule has 0 spiro atoms. The third-order valence-corrected chi connectivity index (χ3v) is 3.67. The first-order valence-corrected chi connectivity index (χ1v) is 6.44. The number of nitrogens with zero attached hydrogens (tertiary/aromatic N) is 2. The molecule has 4 heteroatoms. The second-order valence-electron chi connectivity index (χ2n) is 4.60. The predicted octanol–water partition coefficient (Wildman–Crippen LogP) is 3.01. The zero-order valence-corrected chi connectivity index (χ0v) is 11.5. The molecule has 0 bridgehead atoms. The monoisotopic (exact) mass is 263 g/mol. The van der Waals surface area contributed by atoms with Gasteiger partial charge in [0.15, 0.2) is 0 Å². The Labute approximate surface area is 113 Å². The Morgan fingerprint density at radius 1 is 1.39 bits per heavy atom. The van der Waals surface area contributed by atoms with Gasteiger partial charge in [-0.25, -0.2) is 0 Å². The lowest BCUT2D eigenvalue weighted by Gasteiger charge is -2.13. The minimum absolute atomic E-state index is 0.0120. The Morgan fingerprint density at radius 3 is 2.78 bits per heavy atom. The summed E-state index contributed by atoms with van der Waals surface area (Å²) in [6.45, 7) is 1.99. The van der Waals surface area contributed by atoms with Gasteiger partial charge in [-0.05, 0) is 43.0 Å². The zero-order valence-electron chi connectivity index (χ0n) is 10.7. The maximum absolute atomic E-state index is 6.19. The Morgan fingerprint density at radius 2 is 2.17 bits per heavy atom.